The van der Waals surface area contributed by atoms with Crippen LogP contribution in [0.2, 0.25) is 0 Å². The quantitative estimate of drug-likeness (QED) is 0.859. The van der Waals surface area contributed by atoms with E-state index in [9.17, 15) is 9.59 Å². The molecule has 1 aromatic heterocycles. The van der Waals surface area contributed by atoms with E-state index in [4.69, 9.17) is 4.74 Å². The van der Waals surface area contributed by atoms with Crippen molar-refractivity contribution in [2.45, 2.75) is 40.0 Å². The summed E-state index contributed by atoms with van der Waals surface area (Å²) < 4.78 is 5.56. The van der Waals surface area contributed by atoms with Crippen molar-refractivity contribution in [2.75, 3.05) is 0 Å². The van der Waals surface area contributed by atoms with E-state index >= 15 is 0 Å². The highest BCUT2D eigenvalue weighted by molar-refractivity contribution is 5.80. The number of carbonyl (C=O) groups excluding carboxylic acids is 1. The Kier molecular flexibility index (Phi) is 5.71. The summed E-state index contributed by atoms with van der Waals surface area (Å²) in [5.41, 5.74) is 3.09. The van der Waals surface area contributed by atoms with Gasteiger partial charge in [-0.25, -0.2) is 0 Å². The van der Waals surface area contributed by atoms with Crippen molar-refractivity contribution < 1.29 is 9.53 Å². The molecule has 0 aliphatic rings. The number of benzene rings is 1. The van der Waals surface area contributed by atoms with E-state index in [-0.39, 0.29) is 18.0 Å². The van der Waals surface area contributed by atoms with Crippen molar-refractivity contribution in [1.82, 2.24) is 10.3 Å². The van der Waals surface area contributed by atoms with Crippen LogP contribution in [0.3, 0.4) is 0 Å². The monoisotopic (exact) mass is 314 g/mol. The fraction of sp³-hybridized carbons (Fsp3) is 0.333. The topological polar surface area (TPSA) is 71.2 Å². The molecule has 1 unspecified atom stereocenters. The zero-order valence-electron chi connectivity index (χ0n) is 13.7. The molecule has 0 saturated heterocycles. The smallest absolute Gasteiger partial charge is 0.253 e. The van der Waals surface area contributed by atoms with Crippen molar-refractivity contribution in [1.29, 1.82) is 0 Å². The third-order valence-electron chi connectivity index (χ3n) is 3.65. The lowest BCUT2D eigenvalue weighted by atomic mass is 10.1. The number of H-pyrrole nitrogens is 1. The van der Waals surface area contributed by atoms with Crippen LogP contribution < -0.4 is 10.9 Å². The molecule has 0 aliphatic carbocycles. The van der Waals surface area contributed by atoms with Gasteiger partial charge in [-0.1, -0.05) is 30.3 Å². The van der Waals surface area contributed by atoms with Gasteiger partial charge in [0.2, 0.25) is 5.91 Å². The zero-order valence-corrected chi connectivity index (χ0v) is 13.7. The number of aromatic amines is 1. The molecule has 1 amide bonds. The summed E-state index contributed by atoms with van der Waals surface area (Å²) in [6.07, 6.45) is -0.583. The van der Waals surface area contributed by atoms with Gasteiger partial charge in [0.25, 0.3) is 5.56 Å². The predicted octanol–water partition coefficient (Wildman–Crippen LogP) is 2.21. The molecule has 0 aliphatic heterocycles. The largest absolute Gasteiger partial charge is 0.364 e. The Labute approximate surface area is 135 Å². The molecule has 0 bridgehead atoms. The van der Waals surface area contributed by atoms with Crippen molar-refractivity contribution in [2.24, 2.45) is 0 Å². The number of aromatic nitrogens is 1. The Morgan fingerprint density at radius 3 is 2.61 bits per heavy atom. The second-order valence-corrected chi connectivity index (χ2v) is 5.60. The number of hydrogen-bond acceptors (Lipinski definition) is 3. The van der Waals surface area contributed by atoms with Crippen LogP contribution in [0.1, 0.15) is 29.3 Å². The number of carbonyl (C=O) groups is 1. The Bertz CT molecular complexity index is 723. The van der Waals surface area contributed by atoms with Gasteiger partial charge >= 0.3 is 0 Å². The van der Waals surface area contributed by atoms with E-state index in [1.807, 2.05) is 50.2 Å². The standard InChI is InChI=1S/C18H22N2O3/c1-12-9-13(2)20-18(22)16(12)10-19-17(21)14(3)23-11-15-7-5-4-6-8-15/h4-9,14H,10-11H2,1-3H3,(H,19,21)(H,20,22). The summed E-state index contributed by atoms with van der Waals surface area (Å²) in [4.78, 5) is 26.7. The van der Waals surface area contributed by atoms with Gasteiger partial charge in [0, 0.05) is 17.8 Å². The van der Waals surface area contributed by atoms with Gasteiger partial charge in [-0.3, -0.25) is 9.59 Å². The molecule has 1 heterocycles. The summed E-state index contributed by atoms with van der Waals surface area (Å²) in [7, 11) is 0. The van der Waals surface area contributed by atoms with Crippen molar-refractivity contribution in [3.05, 3.63) is 69.1 Å². The number of hydrogen-bond donors (Lipinski definition) is 2. The highest BCUT2D eigenvalue weighted by atomic mass is 16.5. The molecule has 0 fully saturated rings. The van der Waals surface area contributed by atoms with E-state index in [2.05, 4.69) is 10.3 Å². The molecule has 122 valence electrons. The molecule has 5 nitrogen and oxygen atoms in total. The minimum atomic E-state index is -0.583. The van der Waals surface area contributed by atoms with Gasteiger partial charge in [0.15, 0.2) is 0 Å². The van der Waals surface area contributed by atoms with Crippen molar-refractivity contribution in [3.8, 4) is 0 Å². The number of nitrogens with one attached hydrogen (secondary N) is 2. The first kappa shape index (κ1) is 17.0. The summed E-state index contributed by atoms with van der Waals surface area (Å²) in [5, 5.41) is 2.75. The number of amides is 1. The number of pyridine rings is 1. The fourth-order valence-electron chi connectivity index (χ4n) is 2.29. The molecule has 5 heteroatoms. The molecule has 2 aromatic rings. The number of aryl methyl sites for hydroxylation is 2. The van der Waals surface area contributed by atoms with Gasteiger partial charge in [0.1, 0.15) is 6.10 Å². The molecule has 0 radical (unpaired) electrons. The molecular weight excluding hydrogens is 292 g/mol. The van der Waals surface area contributed by atoms with Crippen LogP contribution in [0, 0.1) is 13.8 Å². The predicted molar refractivity (Wildman–Crippen MR) is 89.1 cm³/mol. The first-order valence-electron chi connectivity index (χ1n) is 7.60. The van der Waals surface area contributed by atoms with Crippen LogP contribution in [0.25, 0.3) is 0 Å². The van der Waals surface area contributed by atoms with Crippen LogP contribution in [-0.4, -0.2) is 17.0 Å². The highest BCUT2D eigenvalue weighted by Gasteiger charge is 2.14. The van der Waals surface area contributed by atoms with Crippen LogP contribution >= 0.6 is 0 Å². The summed E-state index contributed by atoms with van der Waals surface area (Å²) in [6, 6.07) is 11.6. The van der Waals surface area contributed by atoms with Crippen molar-refractivity contribution >= 4 is 5.91 Å². The lowest BCUT2D eigenvalue weighted by Gasteiger charge is -2.14. The molecule has 2 N–H and O–H groups in total. The minimum absolute atomic E-state index is 0.166. The molecule has 2 rings (SSSR count). The maximum Gasteiger partial charge on any atom is 0.253 e. The molecule has 0 saturated carbocycles. The maximum absolute atomic E-state index is 12.1. The number of ether oxygens (including phenoxy) is 1. The molecule has 23 heavy (non-hydrogen) atoms. The second kappa shape index (κ2) is 7.74. The SMILES string of the molecule is Cc1cc(C)c(CNC(=O)C(C)OCc2ccccc2)c(=O)[nH]1. The first-order chi connectivity index (χ1) is 11.0. The Morgan fingerprint density at radius 1 is 1.26 bits per heavy atom. The third kappa shape index (κ3) is 4.79. The van der Waals surface area contributed by atoms with Crippen LogP contribution in [0.4, 0.5) is 0 Å². The van der Waals surface area contributed by atoms with Gasteiger partial charge < -0.3 is 15.0 Å². The van der Waals surface area contributed by atoms with Crippen LogP contribution in [0.5, 0.6) is 0 Å². The van der Waals surface area contributed by atoms with E-state index < -0.39 is 6.10 Å². The Morgan fingerprint density at radius 2 is 1.96 bits per heavy atom. The van der Waals surface area contributed by atoms with Gasteiger partial charge in [-0.15, -0.1) is 0 Å². The Balaban J connectivity index is 1.88. The van der Waals surface area contributed by atoms with E-state index in [0.717, 1.165) is 16.8 Å². The van der Waals surface area contributed by atoms with Crippen LogP contribution in [-0.2, 0) is 22.7 Å². The highest BCUT2D eigenvalue weighted by Crippen LogP contribution is 2.05. The van der Waals surface area contributed by atoms with Gasteiger partial charge in [-0.2, -0.15) is 0 Å². The fourth-order valence-corrected chi connectivity index (χ4v) is 2.29. The molecule has 1 aromatic carbocycles. The summed E-state index contributed by atoms with van der Waals surface area (Å²) in [6.45, 7) is 5.96. The average molecular weight is 314 g/mol. The van der Waals surface area contributed by atoms with Crippen molar-refractivity contribution in [3.63, 3.8) is 0 Å². The second-order valence-electron chi connectivity index (χ2n) is 5.60. The van der Waals surface area contributed by atoms with E-state index in [0.29, 0.717) is 12.2 Å². The minimum Gasteiger partial charge on any atom is -0.364 e. The van der Waals surface area contributed by atoms with E-state index in [1.54, 1.807) is 6.92 Å². The maximum atomic E-state index is 12.1. The molecular formula is C18H22N2O3. The normalized spacial score (nSPS) is 12.0. The number of rotatable bonds is 6. The first-order valence-corrected chi connectivity index (χ1v) is 7.60. The lowest BCUT2D eigenvalue weighted by Crippen LogP contribution is -2.35. The van der Waals surface area contributed by atoms with Gasteiger partial charge in [-0.05, 0) is 38.0 Å². The summed E-state index contributed by atoms with van der Waals surface area (Å²) >= 11 is 0. The lowest BCUT2D eigenvalue weighted by molar-refractivity contribution is -0.132. The molecule has 0 spiro atoms. The average Bonchev–Trinajstić information content (AvgIpc) is 2.52. The van der Waals surface area contributed by atoms with Gasteiger partial charge in [0.05, 0.1) is 6.61 Å². The zero-order chi connectivity index (χ0) is 16.8. The molecule has 1 atom stereocenters. The third-order valence-corrected chi connectivity index (χ3v) is 3.65. The van der Waals surface area contributed by atoms with Crippen LogP contribution in [0.15, 0.2) is 41.2 Å². The van der Waals surface area contributed by atoms with E-state index in [1.165, 1.54) is 0 Å². The summed E-state index contributed by atoms with van der Waals surface area (Å²) in [5.74, 6) is -0.236. The Hall–Kier alpha value is -2.40.